The Morgan fingerprint density at radius 1 is 1.09 bits per heavy atom. The fourth-order valence-electron chi connectivity index (χ4n) is 9.52. The maximum atomic E-state index is 13.1. The lowest BCUT2D eigenvalue weighted by atomic mass is 9.61. The molecule has 54 heavy (non-hydrogen) atoms. The van der Waals surface area contributed by atoms with Gasteiger partial charge >= 0.3 is 5.97 Å². The summed E-state index contributed by atoms with van der Waals surface area (Å²) in [5.41, 5.74) is 2.70. The van der Waals surface area contributed by atoms with Crippen molar-refractivity contribution >= 4 is 40.1 Å². The Morgan fingerprint density at radius 3 is 2.65 bits per heavy atom. The number of ether oxygens (including phenoxy) is 1. The normalized spacial score (nSPS) is 24.1. The summed E-state index contributed by atoms with van der Waals surface area (Å²) in [7, 11) is 1.53. The van der Waals surface area contributed by atoms with E-state index in [0.29, 0.717) is 65.1 Å². The van der Waals surface area contributed by atoms with Crippen LogP contribution in [0.5, 0.6) is 11.5 Å². The van der Waals surface area contributed by atoms with Crippen LogP contribution in [0.15, 0.2) is 65.5 Å². The van der Waals surface area contributed by atoms with Gasteiger partial charge in [-0.05, 0) is 104 Å². The summed E-state index contributed by atoms with van der Waals surface area (Å²) < 4.78 is 5.61. The Morgan fingerprint density at radius 2 is 1.91 bits per heavy atom. The van der Waals surface area contributed by atoms with Crippen molar-refractivity contribution in [1.82, 2.24) is 15.2 Å². The minimum atomic E-state index is -0.936. The van der Waals surface area contributed by atoms with Crippen LogP contribution < -0.4 is 20.9 Å². The minimum absolute atomic E-state index is 0.0782. The number of amides is 1. The van der Waals surface area contributed by atoms with Crippen LogP contribution in [-0.4, -0.2) is 70.4 Å². The van der Waals surface area contributed by atoms with Crippen molar-refractivity contribution in [3.05, 3.63) is 98.3 Å². The first-order valence-electron chi connectivity index (χ1n) is 19.0. The van der Waals surface area contributed by atoms with Crippen LogP contribution >= 0.6 is 11.6 Å². The number of carboxylic acid groups (broad SMARTS) is 1. The van der Waals surface area contributed by atoms with E-state index in [9.17, 15) is 29.7 Å². The second-order valence-electron chi connectivity index (χ2n) is 15.3. The number of pyridine rings is 1. The molecule has 8 rings (SSSR count). The maximum absolute atomic E-state index is 13.1. The Kier molecular flexibility index (Phi) is 11.3. The zero-order valence-corrected chi connectivity index (χ0v) is 31.3. The molecule has 1 aromatic heterocycles. The molecule has 3 aromatic carbocycles. The summed E-state index contributed by atoms with van der Waals surface area (Å²) in [6.45, 7) is 3.77. The molecule has 4 aromatic rings. The molecule has 11 nitrogen and oxygen atoms in total. The molecule has 0 spiro atoms. The number of fused-ring (bicyclic) bond motifs is 4. The van der Waals surface area contributed by atoms with E-state index in [-0.39, 0.29) is 41.6 Å². The number of hydrogen-bond donors (Lipinski definition) is 6. The highest BCUT2D eigenvalue weighted by Crippen LogP contribution is 2.54. The summed E-state index contributed by atoms with van der Waals surface area (Å²) in [6, 6.07) is 17.4. The highest BCUT2D eigenvalue weighted by molar-refractivity contribution is 6.33. The van der Waals surface area contributed by atoms with Gasteiger partial charge < -0.3 is 40.6 Å². The number of hydrogen-bond acceptors (Lipinski definition) is 8. The fourth-order valence-corrected chi connectivity index (χ4v) is 9.75. The summed E-state index contributed by atoms with van der Waals surface area (Å²) in [5, 5.41) is 38.9. The quantitative estimate of drug-likeness (QED) is 0.0887. The molecule has 286 valence electrons. The van der Waals surface area contributed by atoms with Gasteiger partial charge in [0, 0.05) is 49.1 Å². The number of carbonyl (C=O) groups excluding carboxylic acids is 1. The number of nitrogens with one attached hydrogen (secondary N) is 3. The van der Waals surface area contributed by atoms with E-state index in [1.54, 1.807) is 24.3 Å². The van der Waals surface area contributed by atoms with E-state index < -0.39 is 17.5 Å². The molecule has 2 bridgehead atoms. The van der Waals surface area contributed by atoms with Crippen LogP contribution in [0.4, 0.5) is 5.69 Å². The lowest BCUT2D eigenvalue weighted by Gasteiger charge is -2.50. The molecule has 4 fully saturated rings. The minimum Gasteiger partial charge on any atom is -0.506 e. The Hall–Kier alpha value is -4.42. The highest BCUT2D eigenvalue weighted by Gasteiger charge is 2.55. The number of aromatic hydroxyl groups is 1. The van der Waals surface area contributed by atoms with Crippen molar-refractivity contribution in [3.63, 3.8) is 0 Å². The molecule has 0 radical (unpaired) electrons. The second-order valence-corrected chi connectivity index (χ2v) is 15.7. The maximum Gasteiger partial charge on any atom is 0.314 e. The first-order chi connectivity index (χ1) is 26.1. The molecule has 3 unspecified atom stereocenters. The lowest BCUT2D eigenvalue weighted by Crippen LogP contribution is -2.54. The van der Waals surface area contributed by atoms with Gasteiger partial charge in [0.15, 0.2) is 0 Å². The number of nitrogens with zero attached hydrogens (tertiary/aromatic N) is 1. The van der Waals surface area contributed by atoms with Crippen LogP contribution in [0.3, 0.4) is 0 Å². The van der Waals surface area contributed by atoms with Gasteiger partial charge in [-0.3, -0.25) is 14.4 Å². The van der Waals surface area contributed by atoms with Crippen molar-refractivity contribution in [2.45, 2.75) is 69.4 Å². The molecule has 1 aliphatic carbocycles. The summed E-state index contributed by atoms with van der Waals surface area (Å²) in [4.78, 5) is 43.1. The number of aromatic amines is 1. The zero-order valence-electron chi connectivity index (χ0n) is 30.6. The summed E-state index contributed by atoms with van der Waals surface area (Å²) >= 11 is 6.62. The molecular formula is C42H49ClN4O7. The van der Waals surface area contributed by atoms with E-state index >= 15 is 0 Å². The van der Waals surface area contributed by atoms with E-state index in [0.717, 1.165) is 49.2 Å². The molecule has 1 amide bonds. The van der Waals surface area contributed by atoms with Crippen LogP contribution in [0.2, 0.25) is 5.02 Å². The van der Waals surface area contributed by atoms with Crippen LogP contribution in [0.25, 0.3) is 10.9 Å². The van der Waals surface area contributed by atoms with Gasteiger partial charge in [0.2, 0.25) is 11.5 Å². The van der Waals surface area contributed by atoms with E-state index in [2.05, 4.69) is 26.6 Å². The number of rotatable bonds is 14. The van der Waals surface area contributed by atoms with Crippen molar-refractivity contribution in [2.75, 3.05) is 38.6 Å². The SMILES string of the molecule is COc1cc(NC(=O)CCCc2cccc(C3(C(=O)O)CCCC3C3CN4CCC3CC4)c2)c(Cl)cc1CNC[C@H](O)c1ccc(O)c2[nH]c(=O)ccc12. The van der Waals surface area contributed by atoms with Gasteiger partial charge in [-0.25, -0.2) is 0 Å². The number of benzene rings is 3. The molecule has 12 heteroatoms. The number of aryl methyl sites for hydroxylation is 1. The number of aliphatic carboxylic acids is 1. The van der Waals surface area contributed by atoms with Gasteiger partial charge in [-0.2, -0.15) is 0 Å². The standard InChI is InChI=1S/C42H49ClN4O7/c1-54-37-21-34(33(43)20-27(37)22-44-23-36(49)29-10-12-35(48)40-30(29)11-13-39(51)46-40)45-38(50)9-3-6-25-5-2-7-28(19-25)42(41(52)53)16-4-8-32(42)31-24-47-17-14-26(31)15-18-47/h2,5,7,10-13,19-21,26,31-32,36,44,48-49H,3-4,6,8-9,14-18,22-24H2,1H3,(H,45,50)(H,46,51)(H,52,53)/t31?,32?,36-,42?/m0/s1. The number of aliphatic hydroxyl groups is 1. The van der Waals surface area contributed by atoms with Crippen LogP contribution in [0.1, 0.15) is 73.3 Å². The largest absolute Gasteiger partial charge is 0.506 e. The van der Waals surface area contributed by atoms with Gasteiger partial charge in [-0.15, -0.1) is 0 Å². The molecule has 3 aliphatic heterocycles. The Balaban J connectivity index is 0.944. The topological polar surface area (TPSA) is 164 Å². The molecule has 4 heterocycles. The first kappa shape index (κ1) is 37.9. The van der Waals surface area contributed by atoms with Gasteiger partial charge in [-0.1, -0.05) is 48.4 Å². The molecule has 3 saturated heterocycles. The molecule has 6 N–H and O–H groups in total. The number of halogens is 1. The van der Waals surface area contributed by atoms with Crippen molar-refractivity contribution in [1.29, 1.82) is 0 Å². The average molecular weight is 757 g/mol. The first-order valence-corrected chi connectivity index (χ1v) is 19.4. The fraction of sp³-hybridized carbons (Fsp3) is 0.452. The van der Waals surface area contributed by atoms with Crippen molar-refractivity contribution in [2.24, 2.45) is 17.8 Å². The number of H-pyrrole nitrogens is 1. The molecular weight excluding hydrogens is 708 g/mol. The highest BCUT2D eigenvalue weighted by atomic mass is 35.5. The summed E-state index contributed by atoms with van der Waals surface area (Å²) in [5.74, 6) is 0.726. The molecule has 4 atom stereocenters. The van der Waals surface area contributed by atoms with Crippen molar-refractivity contribution < 1.29 is 29.6 Å². The number of aromatic nitrogens is 1. The number of aliphatic hydroxyl groups excluding tert-OH is 1. The smallest absolute Gasteiger partial charge is 0.314 e. The lowest BCUT2D eigenvalue weighted by molar-refractivity contribution is -0.147. The second kappa shape index (κ2) is 16.1. The Bertz CT molecular complexity index is 2080. The molecule has 4 aliphatic rings. The number of phenolic OH excluding ortho intramolecular Hbond substituents is 1. The number of methoxy groups -OCH3 is 1. The van der Waals surface area contributed by atoms with Gasteiger partial charge in [0.1, 0.15) is 11.5 Å². The van der Waals surface area contributed by atoms with Crippen LogP contribution in [-0.2, 0) is 28.0 Å². The summed E-state index contributed by atoms with van der Waals surface area (Å²) in [6.07, 6.45) is 5.48. The number of carboxylic acids is 1. The number of phenols is 1. The predicted molar refractivity (Wildman–Crippen MR) is 208 cm³/mol. The zero-order chi connectivity index (χ0) is 38.0. The third kappa shape index (κ3) is 7.60. The third-order valence-corrected chi connectivity index (χ3v) is 12.5. The van der Waals surface area contributed by atoms with Gasteiger partial charge in [0.05, 0.1) is 34.9 Å². The third-order valence-electron chi connectivity index (χ3n) is 12.2. The average Bonchev–Trinajstić information content (AvgIpc) is 3.63. The predicted octanol–water partition coefficient (Wildman–Crippen LogP) is 6.14. The van der Waals surface area contributed by atoms with E-state index in [1.807, 2.05) is 18.2 Å². The van der Waals surface area contributed by atoms with Gasteiger partial charge in [0.25, 0.3) is 0 Å². The van der Waals surface area contributed by atoms with Crippen molar-refractivity contribution in [3.8, 4) is 11.5 Å². The number of piperidine rings is 3. The number of anilines is 1. The molecule has 1 saturated carbocycles. The Labute approximate surface area is 319 Å². The number of carbonyl (C=O) groups is 2. The van der Waals surface area contributed by atoms with E-state index in [1.165, 1.54) is 32.1 Å². The van der Waals surface area contributed by atoms with Crippen LogP contribution in [0, 0.1) is 17.8 Å². The monoisotopic (exact) mass is 756 g/mol. The van der Waals surface area contributed by atoms with E-state index in [4.69, 9.17) is 16.3 Å².